The number of aromatic hydroxyl groups is 2. The first-order chi connectivity index (χ1) is 35.8. The molecule has 10 heteroatoms. The van der Waals surface area contributed by atoms with Gasteiger partial charge in [0, 0.05) is 69.6 Å². The van der Waals surface area contributed by atoms with E-state index in [0.29, 0.717) is 71.2 Å². The van der Waals surface area contributed by atoms with Crippen molar-refractivity contribution in [2.24, 2.45) is 0 Å². The first kappa shape index (κ1) is 57.2. The fourth-order valence-corrected chi connectivity index (χ4v) is 11.5. The van der Waals surface area contributed by atoms with Gasteiger partial charge >= 0.3 is 0 Å². The Kier molecular flexibility index (Phi) is 19.2. The normalized spacial score (nSPS) is 11.4. The van der Waals surface area contributed by atoms with Gasteiger partial charge in [0.05, 0.1) is 46.7 Å². The van der Waals surface area contributed by atoms with Gasteiger partial charge in [-0.05, 0) is 123 Å². The van der Waals surface area contributed by atoms with Gasteiger partial charge in [-0.25, -0.2) is 8.78 Å². The van der Waals surface area contributed by atoms with Gasteiger partial charge in [-0.2, -0.15) is 0 Å². The van der Waals surface area contributed by atoms with Crippen LogP contribution in [0.2, 0.25) is 19.1 Å². The molecule has 10 rings (SSSR count). The quantitative estimate of drug-likeness (QED) is 0.0510. The number of phenols is 2. The summed E-state index contributed by atoms with van der Waals surface area (Å²) in [6.45, 7) is 15.7. The number of para-hydroxylation sites is 4. The Morgan fingerprint density at radius 1 is 0.474 bits per heavy atom. The zero-order valence-corrected chi connectivity index (χ0v) is 49.5. The summed E-state index contributed by atoms with van der Waals surface area (Å²) >= 11 is 0. The Balaban J connectivity index is 0.000000537. The third-order valence-electron chi connectivity index (χ3n) is 13.8. The Bertz CT molecular complexity index is 3270. The predicted molar refractivity (Wildman–Crippen MR) is 313 cm³/mol. The maximum absolute atomic E-state index is 15.0. The van der Waals surface area contributed by atoms with E-state index in [9.17, 15) is 19.0 Å². The molecule has 0 aliphatic carbocycles. The van der Waals surface area contributed by atoms with Crippen LogP contribution in [-0.4, -0.2) is 40.6 Å². The van der Waals surface area contributed by atoms with E-state index in [0.717, 1.165) is 54.7 Å². The molecular formula is C66H70F2HfN2O4Si-2. The van der Waals surface area contributed by atoms with Gasteiger partial charge in [-0.1, -0.05) is 137 Å². The molecule has 0 aliphatic heterocycles. The van der Waals surface area contributed by atoms with E-state index in [1.807, 2.05) is 120 Å². The fraction of sp³-hybridized carbons (Fsp3) is 0.242. The van der Waals surface area contributed by atoms with Crippen molar-refractivity contribution >= 4 is 51.7 Å². The van der Waals surface area contributed by atoms with Crippen LogP contribution in [0, 0.1) is 39.5 Å². The molecule has 0 bridgehead atoms. The average Bonchev–Trinajstić information content (AvgIpc) is 3.91. The van der Waals surface area contributed by atoms with Crippen LogP contribution in [0.4, 0.5) is 8.78 Å². The minimum absolute atomic E-state index is 0. The number of ether oxygens (including phenoxy) is 2. The second-order valence-corrected chi connectivity index (χ2v) is 25.3. The number of nitrogens with zero attached hydrogens (tertiary/aromatic N) is 2. The first-order valence-electron chi connectivity index (χ1n) is 26.2. The summed E-state index contributed by atoms with van der Waals surface area (Å²) in [5.74, 6) is 0.0205. The van der Waals surface area contributed by atoms with E-state index < -0.39 is 19.7 Å². The van der Waals surface area contributed by atoms with Gasteiger partial charge in [0.25, 0.3) is 0 Å². The molecule has 392 valence electrons. The van der Waals surface area contributed by atoms with Gasteiger partial charge in [-0.15, -0.1) is 8.07 Å². The van der Waals surface area contributed by atoms with Gasteiger partial charge < -0.3 is 42.8 Å². The number of hydrogen-bond acceptors (Lipinski definition) is 4. The summed E-state index contributed by atoms with van der Waals surface area (Å²) in [4.78, 5) is 0. The zero-order chi connectivity index (χ0) is 51.9. The van der Waals surface area contributed by atoms with Crippen LogP contribution in [0.3, 0.4) is 0 Å². The van der Waals surface area contributed by atoms with E-state index in [2.05, 4.69) is 50.8 Å². The van der Waals surface area contributed by atoms with Gasteiger partial charge in [0.2, 0.25) is 0 Å². The molecule has 2 N–H and O–H groups in total. The van der Waals surface area contributed by atoms with Gasteiger partial charge in [0.15, 0.2) is 0 Å². The number of unbranched alkanes of at least 4 members (excludes halogenated alkanes) is 6. The smallest absolute Gasteiger partial charge is 0.147 e. The van der Waals surface area contributed by atoms with Gasteiger partial charge in [0.1, 0.15) is 34.6 Å². The third kappa shape index (κ3) is 12.7. The minimum atomic E-state index is -0.976. The van der Waals surface area contributed by atoms with Crippen LogP contribution in [0.15, 0.2) is 158 Å². The van der Waals surface area contributed by atoms with Crippen molar-refractivity contribution in [3.05, 3.63) is 194 Å². The summed E-state index contributed by atoms with van der Waals surface area (Å²) in [6.07, 6.45) is 9.70. The van der Waals surface area contributed by atoms with Crippen LogP contribution in [-0.2, 0) is 25.8 Å². The molecule has 0 saturated heterocycles. The second kappa shape index (κ2) is 25.6. The topological polar surface area (TPSA) is 68.8 Å². The van der Waals surface area contributed by atoms with E-state index >= 15 is 0 Å². The maximum Gasteiger partial charge on any atom is 0.147 e. The number of aryl methyl sites for hydroxylation is 2. The SMILES string of the molecule is Cc1cc(-c2cc(F)ccc2OCCCCOc2ccc(F)cc2-c2cc(C)cc(-n3c4ccccc4c4ccccc43)c2O)c(O)c(-n2c3ccccc3c3ccccc32)c1.[CH2-][Si](C)(C)CCCCCCCC.[CH3-].[Hf]. The molecule has 0 saturated carbocycles. The standard InChI is InChI=1S/C54H42F2N2O4.C11H25Si.CH3.Hf/c1-33-27-43(53(59)49(29-33)57-45-17-7-3-13-37(45)38-14-4-8-18-46(38)57)41-31-35(55)21-23-51(41)61-25-11-12-26-62-52-24-22-36(56)32-42(52)44-28-34(2)30-50(54(44)60)58-47-19-9-5-15-39(47)40-16-6-10-20-48(40)58;1-5-6-7-8-9-10-11-12(2,3)4;;/h3-10,13-24,27-32,59-60H,11-12,25-26H2,1-2H3;2,5-11H2,1,3-4H3;1H3;/q;2*-1;. The van der Waals surface area contributed by atoms with Crippen LogP contribution >= 0.6 is 0 Å². The summed E-state index contributed by atoms with van der Waals surface area (Å²) in [5.41, 5.74) is 8.58. The zero-order valence-electron chi connectivity index (χ0n) is 44.9. The Morgan fingerprint density at radius 2 is 0.829 bits per heavy atom. The van der Waals surface area contributed by atoms with Crippen molar-refractivity contribution < 1.29 is 54.3 Å². The molecule has 0 radical (unpaired) electrons. The predicted octanol–water partition coefficient (Wildman–Crippen LogP) is 18.6. The fourth-order valence-electron chi connectivity index (χ4n) is 10.3. The van der Waals surface area contributed by atoms with Crippen molar-refractivity contribution in [1.82, 2.24) is 9.13 Å². The van der Waals surface area contributed by atoms with Crippen molar-refractivity contribution in [3.8, 4) is 56.6 Å². The van der Waals surface area contributed by atoms with Crippen molar-refractivity contribution in [2.75, 3.05) is 13.2 Å². The number of halogens is 2. The minimum Gasteiger partial charge on any atom is -0.505 e. The molecule has 10 aromatic rings. The van der Waals surface area contributed by atoms with E-state index in [4.69, 9.17) is 9.47 Å². The van der Waals surface area contributed by atoms with E-state index in [1.165, 1.54) is 68.8 Å². The molecule has 0 spiro atoms. The number of phenolic OH excluding ortho intramolecular Hbond substituents is 2. The Morgan fingerprint density at radius 3 is 1.20 bits per heavy atom. The molecule has 0 amide bonds. The Labute approximate surface area is 467 Å². The van der Waals surface area contributed by atoms with Crippen LogP contribution in [0.5, 0.6) is 23.0 Å². The van der Waals surface area contributed by atoms with Gasteiger partial charge in [-0.3, -0.25) is 0 Å². The molecule has 76 heavy (non-hydrogen) atoms. The molecule has 2 heterocycles. The summed E-state index contributed by atoms with van der Waals surface area (Å²) < 4.78 is 46.6. The summed E-state index contributed by atoms with van der Waals surface area (Å²) in [7, 11) is -0.976. The summed E-state index contributed by atoms with van der Waals surface area (Å²) in [6, 6.07) is 50.0. The molecule has 0 atom stereocenters. The van der Waals surface area contributed by atoms with Crippen LogP contribution < -0.4 is 9.47 Å². The molecular weight excluding hydrogens is 1130 g/mol. The van der Waals surface area contributed by atoms with Crippen LogP contribution in [0.25, 0.3) is 77.2 Å². The number of rotatable bonds is 18. The summed E-state index contributed by atoms with van der Waals surface area (Å²) in [5, 5.41) is 28.2. The number of hydrogen-bond donors (Lipinski definition) is 2. The average molecular weight is 1200 g/mol. The molecule has 8 aromatic carbocycles. The molecule has 6 nitrogen and oxygen atoms in total. The third-order valence-corrected chi connectivity index (χ3v) is 15.5. The second-order valence-electron chi connectivity index (χ2n) is 20.5. The largest absolute Gasteiger partial charge is 0.505 e. The van der Waals surface area contributed by atoms with Crippen LogP contribution in [0.1, 0.15) is 69.4 Å². The first-order valence-corrected chi connectivity index (χ1v) is 29.6. The Hall–Kier alpha value is -6.49. The van der Waals surface area contributed by atoms with Crippen molar-refractivity contribution in [1.29, 1.82) is 0 Å². The molecule has 0 aliphatic rings. The molecule has 0 unspecified atom stereocenters. The number of benzene rings is 8. The number of aromatic nitrogens is 2. The molecule has 0 fully saturated rings. The van der Waals surface area contributed by atoms with E-state index in [-0.39, 0.29) is 44.8 Å². The van der Waals surface area contributed by atoms with E-state index in [1.54, 1.807) is 12.1 Å². The molecule has 2 aromatic heterocycles. The number of fused-ring (bicyclic) bond motifs is 6. The monoisotopic (exact) mass is 1200 g/mol. The van der Waals surface area contributed by atoms with Crippen molar-refractivity contribution in [2.45, 2.75) is 91.3 Å². The maximum atomic E-state index is 15.0. The van der Waals surface area contributed by atoms with Crippen molar-refractivity contribution in [3.63, 3.8) is 0 Å².